The molecule has 1 saturated heterocycles. The first-order valence-electron chi connectivity index (χ1n) is 5.43. The van der Waals surface area contributed by atoms with Crippen LogP contribution in [-0.2, 0) is 23.1 Å². The van der Waals surface area contributed by atoms with Gasteiger partial charge in [0, 0.05) is 40.3 Å². The van der Waals surface area contributed by atoms with E-state index < -0.39 is 0 Å². The van der Waals surface area contributed by atoms with Crippen LogP contribution in [-0.4, -0.2) is 47.5 Å². The van der Waals surface area contributed by atoms with E-state index in [1.165, 1.54) is 0 Å². The van der Waals surface area contributed by atoms with E-state index in [2.05, 4.69) is 15.6 Å². The molecule has 0 spiro atoms. The fourth-order valence-electron chi connectivity index (χ4n) is 1.85. The summed E-state index contributed by atoms with van der Waals surface area (Å²) in [5.41, 5.74) is 0.900. The second-order valence-electron chi connectivity index (χ2n) is 4.14. The molecule has 1 atom stereocenters. The van der Waals surface area contributed by atoms with E-state index in [0.717, 1.165) is 31.8 Å². The second-order valence-corrected chi connectivity index (χ2v) is 4.14. The largest absolute Gasteiger partial charge is 0.378 e. The van der Waals surface area contributed by atoms with Gasteiger partial charge < -0.3 is 14.8 Å². The number of aryl methyl sites for hydroxylation is 1. The first-order chi connectivity index (χ1) is 7.76. The molecule has 6 nitrogen and oxygen atoms in total. The number of hydrogen-bond donors (Lipinski definition) is 1. The molecule has 0 amide bonds. The molecule has 1 fully saturated rings. The van der Waals surface area contributed by atoms with E-state index in [1.54, 1.807) is 18.0 Å². The number of methoxy groups -OCH3 is 1. The maximum Gasteiger partial charge on any atom is 0.106 e. The molecule has 90 valence electrons. The normalized spacial score (nSPS) is 25.1. The molecule has 0 saturated carbocycles. The number of nitrogens with zero attached hydrogens (tertiary/aromatic N) is 3. The summed E-state index contributed by atoms with van der Waals surface area (Å²) in [6.07, 6.45) is 2.71. The van der Waals surface area contributed by atoms with E-state index >= 15 is 0 Å². The van der Waals surface area contributed by atoms with Crippen molar-refractivity contribution in [2.45, 2.75) is 18.6 Å². The average Bonchev–Trinajstić information content (AvgIpc) is 2.90. The van der Waals surface area contributed by atoms with Gasteiger partial charge in [-0.1, -0.05) is 5.21 Å². The van der Waals surface area contributed by atoms with Crippen molar-refractivity contribution >= 4 is 0 Å². The first kappa shape index (κ1) is 11.5. The van der Waals surface area contributed by atoms with Crippen LogP contribution in [0.1, 0.15) is 12.1 Å². The SMILES string of the molecule is COC1(CNCc2cnnn2C)CCOC1. The second kappa shape index (κ2) is 4.90. The fraction of sp³-hybridized carbons (Fsp3) is 0.800. The third-order valence-electron chi connectivity index (χ3n) is 3.06. The van der Waals surface area contributed by atoms with Gasteiger partial charge in [0.25, 0.3) is 0 Å². The lowest BCUT2D eigenvalue weighted by atomic mass is 10.0. The predicted octanol–water partition coefficient (Wildman–Crippen LogP) is -0.290. The van der Waals surface area contributed by atoms with Gasteiger partial charge in [-0.3, -0.25) is 4.68 Å². The van der Waals surface area contributed by atoms with Gasteiger partial charge in [-0.05, 0) is 0 Å². The highest BCUT2D eigenvalue weighted by Crippen LogP contribution is 2.21. The average molecular weight is 226 g/mol. The number of hydrogen-bond acceptors (Lipinski definition) is 5. The van der Waals surface area contributed by atoms with Crippen molar-refractivity contribution in [3.63, 3.8) is 0 Å². The van der Waals surface area contributed by atoms with Crippen molar-refractivity contribution in [3.8, 4) is 0 Å². The summed E-state index contributed by atoms with van der Waals surface area (Å²) in [6.45, 7) is 2.98. The molecule has 0 bridgehead atoms. The molecule has 0 aromatic carbocycles. The van der Waals surface area contributed by atoms with Gasteiger partial charge in [0.1, 0.15) is 5.60 Å². The van der Waals surface area contributed by atoms with Crippen molar-refractivity contribution < 1.29 is 9.47 Å². The summed E-state index contributed by atoms with van der Waals surface area (Å²) in [4.78, 5) is 0. The van der Waals surface area contributed by atoms with Gasteiger partial charge in [-0.15, -0.1) is 5.10 Å². The van der Waals surface area contributed by atoms with Crippen LogP contribution >= 0.6 is 0 Å². The smallest absolute Gasteiger partial charge is 0.106 e. The molecular weight excluding hydrogens is 208 g/mol. The van der Waals surface area contributed by atoms with Gasteiger partial charge in [0.05, 0.1) is 18.5 Å². The van der Waals surface area contributed by atoms with Crippen LogP contribution in [0.25, 0.3) is 0 Å². The minimum atomic E-state index is -0.161. The Labute approximate surface area is 94.9 Å². The number of ether oxygens (including phenoxy) is 2. The summed E-state index contributed by atoms with van der Waals surface area (Å²) >= 11 is 0. The lowest BCUT2D eigenvalue weighted by molar-refractivity contribution is -0.0160. The fourth-order valence-corrected chi connectivity index (χ4v) is 1.85. The molecule has 1 aromatic rings. The number of nitrogens with one attached hydrogen (secondary N) is 1. The Balaban J connectivity index is 1.81. The van der Waals surface area contributed by atoms with Crippen molar-refractivity contribution in [3.05, 3.63) is 11.9 Å². The molecule has 1 N–H and O–H groups in total. The van der Waals surface area contributed by atoms with Crippen LogP contribution in [0.4, 0.5) is 0 Å². The lowest BCUT2D eigenvalue weighted by Crippen LogP contribution is -2.42. The number of rotatable bonds is 5. The Bertz CT molecular complexity index is 333. The number of aromatic nitrogens is 3. The molecule has 0 radical (unpaired) electrons. The highest BCUT2D eigenvalue weighted by molar-refractivity contribution is 4.94. The third-order valence-corrected chi connectivity index (χ3v) is 3.06. The topological polar surface area (TPSA) is 61.2 Å². The maximum atomic E-state index is 5.52. The Morgan fingerprint density at radius 3 is 3.12 bits per heavy atom. The van der Waals surface area contributed by atoms with E-state index in [0.29, 0.717) is 6.61 Å². The summed E-state index contributed by atoms with van der Waals surface area (Å²) in [6, 6.07) is 0. The summed E-state index contributed by atoms with van der Waals surface area (Å²) in [5, 5.41) is 11.1. The molecule has 1 aliphatic rings. The van der Waals surface area contributed by atoms with Crippen LogP contribution in [0.5, 0.6) is 0 Å². The van der Waals surface area contributed by atoms with E-state index in [1.807, 2.05) is 7.05 Å². The highest BCUT2D eigenvalue weighted by Gasteiger charge is 2.34. The quantitative estimate of drug-likeness (QED) is 0.747. The molecule has 0 aliphatic carbocycles. The Morgan fingerprint density at radius 2 is 2.56 bits per heavy atom. The van der Waals surface area contributed by atoms with Gasteiger partial charge >= 0.3 is 0 Å². The Morgan fingerprint density at radius 1 is 1.69 bits per heavy atom. The lowest BCUT2D eigenvalue weighted by Gasteiger charge is -2.25. The van der Waals surface area contributed by atoms with Crippen molar-refractivity contribution in [2.75, 3.05) is 26.9 Å². The highest BCUT2D eigenvalue weighted by atomic mass is 16.5. The zero-order valence-corrected chi connectivity index (χ0v) is 9.77. The molecule has 1 aliphatic heterocycles. The van der Waals surface area contributed by atoms with E-state index in [9.17, 15) is 0 Å². The van der Waals surface area contributed by atoms with Crippen LogP contribution in [0.15, 0.2) is 6.20 Å². The molecule has 1 aromatic heterocycles. The van der Waals surface area contributed by atoms with Crippen LogP contribution in [0.2, 0.25) is 0 Å². The van der Waals surface area contributed by atoms with Gasteiger partial charge in [0.15, 0.2) is 0 Å². The molecule has 6 heteroatoms. The molecule has 1 unspecified atom stereocenters. The van der Waals surface area contributed by atoms with E-state index in [4.69, 9.17) is 9.47 Å². The molecule has 2 heterocycles. The van der Waals surface area contributed by atoms with Crippen LogP contribution < -0.4 is 5.32 Å². The van der Waals surface area contributed by atoms with E-state index in [-0.39, 0.29) is 5.60 Å². The summed E-state index contributed by atoms with van der Waals surface area (Å²) in [7, 11) is 3.62. The zero-order chi connectivity index (χ0) is 11.4. The van der Waals surface area contributed by atoms with Crippen LogP contribution in [0, 0.1) is 0 Å². The third kappa shape index (κ3) is 2.40. The first-order valence-corrected chi connectivity index (χ1v) is 5.43. The van der Waals surface area contributed by atoms with Crippen LogP contribution in [0.3, 0.4) is 0 Å². The Kier molecular flexibility index (Phi) is 3.52. The van der Waals surface area contributed by atoms with Crippen molar-refractivity contribution in [1.29, 1.82) is 0 Å². The monoisotopic (exact) mass is 226 g/mol. The zero-order valence-electron chi connectivity index (χ0n) is 9.77. The Hall–Kier alpha value is -0.980. The minimum absolute atomic E-state index is 0.161. The van der Waals surface area contributed by atoms with Gasteiger partial charge in [0.2, 0.25) is 0 Å². The van der Waals surface area contributed by atoms with Crippen molar-refractivity contribution in [1.82, 2.24) is 20.3 Å². The molecule has 16 heavy (non-hydrogen) atoms. The standard InChI is InChI=1S/C10H18N4O2/c1-14-9(6-12-13-14)5-11-7-10(15-2)3-4-16-8-10/h6,11H,3-5,7-8H2,1-2H3. The minimum Gasteiger partial charge on any atom is -0.378 e. The van der Waals surface area contributed by atoms with Crippen molar-refractivity contribution in [2.24, 2.45) is 7.05 Å². The predicted molar refractivity (Wildman–Crippen MR) is 57.9 cm³/mol. The summed E-state index contributed by atoms with van der Waals surface area (Å²) < 4.78 is 12.7. The molecule has 2 rings (SSSR count). The molecular formula is C10H18N4O2. The van der Waals surface area contributed by atoms with Gasteiger partial charge in [-0.25, -0.2) is 0 Å². The summed E-state index contributed by atoms with van der Waals surface area (Å²) in [5.74, 6) is 0. The van der Waals surface area contributed by atoms with Gasteiger partial charge in [-0.2, -0.15) is 0 Å². The maximum absolute atomic E-state index is 5.52.